The number of hydrogen-bond acceptors (Lipinski definition) is 3. The first-order valence-corrected chi connectivity index (χ1v) is 6.00. The maximum Gasteiger partial charge on any atom is 0.238 e. The third-order valence-electron chi connectivity index (χ3n) is 3.62. The summed E-state index contributed by atoms with van der Waals surface area (Å²) in [7, 11) is 0. The predicted molar refractivity (Wildman–Crippen MR) is 66.0 cm³/mol. The van der Waals surface area contributed by atoms with E-state index in [2.05, 4.69) is 0 Å². The molecule has 0 unspecified atom stereocenters. The van der Waals surface area contributed by atoms with Gasteiger partial charge in [-0.05, 0) is 37.1 Å². The summed E-state index contributed by atoms with van der Waals surface area (Å²) in [6.07, 6.45) is 5.22. The first kappa shape index (κ1) is 11.0. The smallest absolute Gasteiger partial charge is 0.238 e. The van der Waals surface area contributed by atoms with Crippen LogP contribution < -0.4 is 4.90 Å². The molecule has 2 aliphatic rings. The molecule has 1 aromatic rings. The SMILES string of the molecule is O=C1[C@@H]2CC=CC[C@H]2C(=O)N1c1ccc(O)cc1. The van der Waals surface area contributed by atoms with Gasteiger partial charge in [0.05, 0.1) is 17.5 Å². The summed E-state index contributed by atoms with van der Waals surface area (Å²) in [5.74, 6) is -0.551. The molecule has 0 aromatic heterocycles. The molecule has 0 spiro atoms. The Hall–Kier alpha value is -2.10. The van der Waals surface area contributed by atoms with Gasteiger partial charge >= 0.3 is 0 Å². The molecular formula is C14H13NO3. The van der Waals surface area contributed by atoms with Gasteiger partial charge in [0.1, 0.15) is 5.75 Å². The fraction of sp³-hybridized carbons (Fsp3) is 0.286. The van der Waals surface area contributed by atoms with Crippen molar-refractivity contribution >= 4 is 17.5 Å². The minimum atomic E-state index is -0.212. The summed E-state index contributed by atoms with van der Waals surface area (Å²) in [4.78, 5) is 25.7. The van der Waals surface area contributed by atoms with Crippen molar-refractivity contribution in [3.05, 3.63) is 36.4 Å². The van der Waals surface area contributed by atoms with E-state index in [0.717, 1.165) is 0 Å². The number of benzene rings is 1. The predicted octanol–water partition coefficient (Wildman–Crippen LogP) is 1.85. The Bertz CT molecular complexity index is 506. The molecular weight excluding hydrogens is 230 g/mol. The number of rotatable bonds is 1. The minimum absolute atomic E-state index is 0.122. The van der Waals surface area contributed by atoms with E-state index in [1.165, 1.54) is 17.0 Å². The Balaban J connectivity index is 1.96. The Morgan fingerprint density at radius 1 is 0.944 bits per heavy atom. The zero-order chi connectivity index (χ0) is 12.7. The summed E-state index contributed by atoms with van der Waals surface area (Å²) in [6.45, 7) is 0. The minimum Gasteiger partial charge on any atom is -0.508 e. The molecule has 2 amide bonds. The number of nitrogens with zero attached hydrogens (tertiary/aromatic N) is 1. The summed E-state index contributed by atoms with van der Waals surface area (Å²) >= 11 is 0. The number of aromatic hydroxyl groups is 1. The highest BCUT2D eigenvalue weighted by Gasteiger charge is 2.47. The number of carbonyl (C=O) groups excluding carboxylic acids is 2. The van der Waals surface area contributed by atoms with E-state index in [0.29, 0.717) is 18.5 Å². The first-order valence-electron chi connectivity index (χ1n) is 6.00. The molecule has 3 rings (SSSR count). The summed E-state index contributed by atoms with van der Waals surface area (Å²) in [6, 6.07) is 6.15. The van der Waals surface area contributed by atoms with Crippen LogP contribution in [0.15, 0.2) is 36.4 Å². The number of phenolic OH excluding ortho intramolecular Hbond substituents is 1. The highest BCUT2D eigenvalue weighted by atomic mass is 16.3. The molecule has 0 bridgehead atoms. The number of phenols is 1. The fourth-order valence-corrected chi connectivity index (χ4v) is 2.66. The van der Waals surface area contributed by atoms with Crippen molar-refractivity contribution in [1.29, 1.82) is 0 Å². The van der Waals surface area contributed by atoms with Crippen molar-refractivity contribution in [2.75, 3.05) is 4.90 Å². The molecule has 1 heterocycles. The molecule has 18 heavy (non-hydrogen) atoms. The van der Waals surface area contributed by atoms with Crippen LogP contribution in [-0.4, -0.2) is 16.9 Å². The highest BCUT2D eigenvalue weighted by Crippen LogP contribution is 2.37. The second kappa shape index (κ2) is 3.98. The number of allylic oxidation sites excluding steroid dienone is 2. The topological polar surface area (TPSA) is 57.6 Å². The van der Waals surface area contributed by atoms with Crippen molar-refractivity contribution in [3.8, 4) is 5.75 Å². The van der Waals surface area contributed by atoms with Crippen LogP contribution in [0.25, 0.3) is 0 Å². The number of carbonyl (C=O) groups is 2. The van der Waals surface area contributed by atoms with Crippen molar-refractivity contribution < 1.29 is 14.7 Å². The molecule has 4 heteroatoms. The maximum atomic E-state index is 12.2. The molecule has 1 aromatic carbocycles. The lowest BCUT2D eigenvalue weighted by molar-refractivity contribution is -0.122. The Morgan fingerprint density at radius 3 is 1.94 bits per heavy atom. The summed E-state index contributed by atoms with van der Waals surface area (Å²) in [5, 5.41) is 9.24. The van der Waals surface area contributed by atoms with E-state index in [4.69, 9.17) is 0 Å². The molecule has 0 radical (unpaired) electrons. The number of imide groups is 1. The molecule has 1 N–H and O–H groups in total. The van der Waals surface area contributed by atoms with Crippen LogP contribution in [0.3, 0.4) is 0 Å². The van der Waals surface area contributed by atoms with E-state index < -0.39 is 0 Å². The first-order chi connectivity index (χ1) is 8.68. The average molecular weight is 243 g/mol. The van der Waals surface area contributed by atoms with Crippen molar-refractivity contribution in [3.63, 3.8) is 0 Å². The normalized spacial score (nSPS) is 26.6. The lowest BCUT2D eigenvalue weighted by Gasteiger charge is -2.14. The maximum absolute atomic E-state index is 12.2. The van der Waals surface area contributed by atoms with Crippen LogP contribution in [0, 0.1) is 11.8 Å². The van der Waals surface area contributed by atoms with Crippen LogP contribution in [0.2, 0.25) is 0 Å². The van der Waals surface area contributed by atoms with Crippen LogP contribution >= 0.6 is 0 Å². The zero-order valence-corrected chi connectivity index (χ0v) is 9.74. The second-order valence-electron chi connectivity index (χ2n) is 4.68. The quantitative estimate of drug-likeness (QED) is 0.605. The third-order valence-corrected chi connectivity index (χ3v) is 3.62. The van der Waals surface area contributed by atoms with E-state index >= 15 is 0 Å². The highest BCUT2D eigenvalue weighted by molar-refractivity contribution is 6.22. The van der Waals surface area contributed by atoms with Crippen LogP contribution in [0.1, 0.15) is 12.8 Å². The molecule has 4 nitrogen and oxygen atoms in total. The monoisotopic (exact) mass is 243 g/mol. The zero-order valence-electron chi connectivity index (χ0n) is 9.74. The van der Waals surface area contributed by atoms with E-state index in [1.54, 1.807) is 12.1 Å². The Morgan fingerprint density at radius 2 is 1.44 bits per heavy atom. The van der Waals surface area contributed by atoms with Gasteiger partial charge in [0.2, 0.25) is 11.8 Å². The van der Waals surface area contributed by atoms with Gasteiger partial charge in [-0.2, -0.15) is 0 Å². The molecule has 92 valence electrons. The van der Waals surface area contributed by atoms with Gasteiger partial charge in [0.25, 0.3) is 0 Å². The van der Waals surface area contributed by atoms with Gasteiger partial charge in [0.15, 0.2) is 0 Å². The molecule has 2 atom stereocenters. The van der Waals surface area contributed by atoms with Gasteiger partial charge < -0.3 is 5.11 Å². The fourth-order valence-electron chi connectivity index (χ4n) is 2.66. The number of fused-ring (bicyclic) bond motifs is 1. The van der Waals surface area contributed by atoms with Gasteiger partial charge in [0, 0.05) is 0 Å². The van der Waals surface area contributed by atoms with Gasteiger partial charge in [-0.3, -0.25) is 14.5 Å². The molecule has 1 aliphatic heterocycles. The molecule has 1 saturated heterocycles. The van der Waals surface area contributed by atoms with Gasteiger partial charge in [-0.25, -0.2) is 0 Å². The van der Waals surface area contributed by atoms with Crippen LogP contribution in [0.4, 0.5) is 5.69 Å². The number of anilines is 1. The van der Waals surface area contributed by atoms with Crippen molar-refractivity contribution in [2.24, 2.45) is 11.8 Å². The standard InChI is InChI=1S/C14H13NO3/c16-10-7-5-9(6-8-10)15-13(17)11-3-1-2-4-12(11)14(15)18/h1-2,5-8,11-12,16H,3-4H2/t11-,12-/m1/s1. The summed E-state index contributed by atoms with van der Waals surface area (Å²) < 4.78 is 0. The molecule has 1 fully saturated rings. The lowest BCUT2D eigenvalue weighted by Crippen LogP contribution is -2.30. The van der Waals surface area contributed by atoms with E-state index in [-0.39, 0.29) is 29.4 Å². The Labute approximate surface area is 105 Å². The molecule has 1 aliphatic carbocycles. The largest absolute Gasteiger partial charge is 0.508 e. The second-order valence-corrected chi connectivity index (χ2v) is 4.68. The number of amides is 2. The third kappa shape index (κ3) is 1.53. The van der Waals surface area contributed by atoms with Gasteiger partial charge in [-0.15, -0.1) is 0 Å². The lowest BCUT2D eigenvalue weighted by atomic mass is 9.85. The summed E-state index contributed by atoms with van der Waals surface area (Å²) in [5.41, 5.74) is 0.539. The van der Waals surface area contributed by atoms with E-state index in [1.807, 2.05) is 12.2 Å². The van der Waals surface area contributed by atoms with Crippen molar-refractivity contribution in [2.45, 2.75) is 12.8 Å². The Kier molecular flexibility index (Phi) is 2.44. The van der Waals surface area contributed by atoms with Gasteiger partial charge in [-0.1, -0.05) is 12.2 Å². The number of hydrogen-bond donors (Lipinski definition) is 1. The van der Waals surface area contributed by atoms with E-state index in [9.17, 15) is 14.7 Å². The average Bonchev–Trinajstić information content (AvgIpc) is 2.64. The van der Waals surface area contributed by atoms with Crippen LogP contribution in [0.5, 0.6) is 5.75 Å². The molecule has 0 saturated carbocycles. The van der Waals surface area contributed by atoms with Crippen molar-refractivity contribution in [1.82, 2.24) is 0 Å². The van der Waals surface area contributed by atoms with Crippen LogP contribution in [-0.2, 0) is 9.59 Å².